The predicted octanol–water partition coefficient (Wildman–Crippen LogP) is 0.374. The normalized spacial score (nSPS) is 9.84. The molecule has 0 bridgehead atoms. The van der Waals surface area contributed by atoms with Crippen molar-refractivity contribution < 1.29 is 28.3 Å². The van der Waals surface area contributed by atoms with Crippen LogP contribution < -0.4 is 25.6 Å². The number of benzene rings is 1. The lowest BCUT2D eigenvalue weighted by atomic mass is 10.2. The molecule has 0 atom stereocenters. The minimum Gasteiger partial charge on any atom is -0.497 e. The Kier molecular flexibility index (Phi) is 5.99. The van der Waals surface area contributed by atoms with Crippen LogP contribution in [0.5, 0.6) is 11.5 Å². The molecule has 132 valence electrons. The van der Waals surface area contributed by atoms with Gasteiger partial charge in [0.25, 0.3) is 5.91 Å². The Morgan fingerprint density at radius 3 is 2.48 bits per heavy atom. The van der Waals surface area contributed by atoms with Gasteiger partial charge in [-0.25, -0.2) is 0 Å². The zero-order valence-electron chi connectivity index (χ0n) is 13.6. The van der Waals surface area contributed by atoms with E-state index in [2.05, 4.69) is 10.7 Å². The first-order chi connectivity index (χ1) is 12.0. The molecule has 2 rings (SSSR count). The molecule has 1 aromatic carbocycles. The maximum atomic E-state index is 12.1. The van der Waals surface area contributed by atoms with Gasteiger partial charge in [-0.05, 0) is 24.3 Å². The van der Waals surface area contributed by atoms with Gasteiger partial charge in [0.2, 0.25) is 0 Å². The van der Waals surface area contributed by atoms with Crippen LogP contribution in [0.15, 0.2) is 41.0 Å². The molecule has 25 heavy (non-hydrogen) atoms. The van der Waals surface area contributed by atoms with E-state index in [4.69, 9.17) is 13.9 Å². The Hall–Kier alpha value is -3.49. The van der Waals surface area contributed by atoms with E-state index in [1.807, 2.05) is 5.43 Å². The third-order valence-corrected chi connectivity index (χ3v) is 3.15. The van der Waals surface area contributed by atoms with Crippen molar-refractivity contribution in [3.05, 3.63) is 47.9 Å². The second kappa shape index (κ2) is 8.39. The van der Waals surface area contributed by atoms with Crippen molar-refractivity contribution in [2.75, 3.05) is 14.2 Å². The van der Waals surface area contributed by atoms with E-state index in [1.165, 1.54) is 32.6 Å². The molecule has 0 fully saturated rings. The van der Waals surface area contributed by atoms with Gasteiger partial charge >= 0.3 is 11.8 Å². The van der Waals surface area contributed by atoms with Gasteiger partial charge in [0.05, 0.1) is 32.6 Å². The minimum atomic E-state index is -1.02. The molecule has 0 aliphatic heterocycles. The molecule has 0 saturated carbocycles. The molecular weight excluding hydrogens is 330 g/mol. The first-order valence-corrected chi connectivity index (χ1v) is 7.18. The smallest absolute Gasteiger partial charge is 0.327 e. The molecule has 9 heteroatoms. The summed E-state index contributed by atoms with van der Waals surface area (Å²) in [7, 11) is 2.88. The second-order valence-corrected chi connectivity index (χ2v) is 4.74. The van der Waals surface area contributed by atoms with E-state index >= 15 is 0 Å². The van der Waals surface area contributed by atoms with Gasteiger partial charge in [0.1, 0.15) is 17.3 Å². The standard InChI is InChI=1S/C16H17N3O6/c1-23-10-5-6-12(13(8-10)24-2)14(20)18-19-16(22)15(21)17-9-11-4-3-7-25-11/h3-8H,9H2,1-2H3,(H,17,21)(H,18,20)(H,19,22). The van der Waals surface area contributed by atoms with Crippen LogP contribution in [0.1, 0.15) is 16.1 Å². The predicted molar refractivity (Wildman–Crippen MR) is 85.7 cm³/mol. The van der Waals surface area contributed by atoms with E-state index in [-0.39, 0.29) is 17.9 Å². The van der Waals surface area contributed by atoms with Crippen molar-refractivity contribution >= 4 is 17.7 Å². The molecule has 0 saturated heterocycles. The molecule has 1 aromatic heterocycles. The summed E-state index contributed by atoms with van der Waals surface area (Å²) in [6.07, 6.45) is 1.45. The number of carbonyl (C=O) groups excluding carboxylic acids is 3. The highest BCUT2D eigenvalue weighted by Gasteiger charge is 2.17. The molecule has 1 heterocycles. The van der Waals surface area contributed by atoms with Crippen molar-refractivity contribution in [1.29, 1.82) is 0 Å². The van der Waals surface area contributed by atoms with Crippen molar-refractivity contribution in [3.8, 4) is 11.5 Å². The summed E-state index contributed by atoms with van der Waals surface area (Å²) in [4.78, 5) is 35.4. The maximum absolute atomic E-state index is 12.1. The monoisotopic (exact) mass is 347 g/mol. The zero-order chi connectivity index (χ0) is 18.2. The van der Waals surface area contributed by atoms with Gasteiger partial charge in [-0.1, -0.05) is 0 Å². The summed E-state index contributed by atoms with van der Waals surface area (Å²) in [5.74, 6) is -1.33. The minimum absolute atomic E-state index is 0.0551. The number of nitrogens with one attached hydrogen (secondary N) is 3. The molecule has 0 spiro atoms. The van der Waals surface area contributed by atoms with Crippen molar-refractivity contribution in [2.24, 2.45) is 0 Å². The highest BCUT2D eigenvalue weighted by Crippen LogP contribution is 2.24. The number of ether oxygens (including phenoxy) is 2. The number of amides is 3. The topological polar surface area (TPSA) is 119 Å². The summed E-state index contributed by atoms with van der Waals surface area (Å²) in [6.45, 7) is 0.0551. The molecule has 0 unspecified atom stereocenters. The molecule has 3 N–H and O–H groups in total. The number of hydrogen-bond acceptors (Lipinski definition) is 6. The molecule has 9 nitrogen and oxygen atoms in total. The number of methoxy groups -OCH3 is 2. The molecule has 3 amide bonds. The van der Waals surface area contributed by atoms with Crippen LogP contribution in [0, 0.1) is 0 Å². The Bertz CT molecular complexity index is 757. The van der Waals surface area contributed by atoms with Crippen LogP contribution in [0.3, 0.4) is 0 Å². The highest BCUT2D eigenvalue weighted by atomic mass is 16.5. The van der Waals surface area contributed by atoms with Gasteiger partial charge in [-0.2, -0.15) is 0 Å². The molecule has 2 aromatic rings. The fourth-order valence-corrected chi connectivity index (χ4v) is 1.88. The van der Waals surface area contributed by atoms with Crippen LogP contribution in [0.2, 0.25) is 0 Å². The first-order valence-electron chi connectivity index (χ1n) is 7.18. The summed E-state index contributed by atoms with van der Waals surface area (Å²) in [5, 5.41) is 2.35. The second-order valence-electron chi connectivity index (χ2n) is 4.74. The SMILES string of the molecule is COc1ccc(C(=O)NNC(=O)C(=O)NCc2ccco2)c(OC)c1. The van der Waals surface area contributed by atoms with E-state index in [0.717, 1.165) is 0 Å². The van der Waals surface area contributed by atoms with Crippen molar-refractivity contribution in [3.63, 3.8) is 0 Å². The lowest BCUT2D eigenvalue weighted by molar-refractivity contribution is -0.139. The molecule has 0 radical (unpaired) electrons. The highest BCUT2D eigenvalue weighted by molar-refractivity contribution is 6.35. The molecule has 0 aliphatic carbocycles. The fraction of sp³-hybridized carbons (Fsp3) is 0.188. The Morgan fingerprint density at radius 1 is 1.04 bits per heavy atom. The van der Waals surface area contributed by atoms with E-state index in [0.29, 0.717) is 11.5 Å². The Balaban J connectivity index is 1.88. The van der Waals surface area contributed by atoms with Gasteiger partial charge in [0, 0.05) is 6.07 Å². The molecule has 0 aliphatic rings. The quantitative estimate of drug-likeness (QED) is 0.531. The van der Waals surface area contributed by atoms with Gasteiger partial charge in [0.15, 0.2) is 0 Å². The maximum Gasteiger partial charge on any atom is 0.327 e. The Labute approximate surface area is 143 Å². The summed E-state index contributed by atoms with van der Waals surface area (Å²) < 4.78 is 15.2. The van der Waals surface area contributed by atoms with Crippen LogP contribution in [0.25, 0.3) is 0 Å². The first kappa shape index (κ1) is 17.9. The number of rotatable bonds is 5. The third kappa shape index (κ3) is 4.74. The number of carbonyl (C=O) groups is 3. The number of hydrazine groups is 1. The van der Waals surface area contributed by atoms with Gasteiger partial charge < -0.3 is 19.2 Å². The Morgan fingerprint density at radius 2 is 1.84 bits per heavy atom. The van der Waals surface area contributed by atoms with Gasteiger partial charge in [-0.3, -0.25) is 25.2 Å². The summed E-state index contributed by atoms with van der Waals surface area (Å²) in [5.41, 5.74) is 4.33. The van der Waals surface area contributed by atoms with Crippen molar-refractivity contribution in [1.82, 2.24) is 16.2 Å². The number of hydrogen-bond donors (Lipinski definition) is 3. The fourth-order valence-electron chi connectivity index (χ4n) is 1.88. The van der Waals surface area contributed by atoms with Crippen LogP contribution in [-0.2, 0) is 16.1 Å². The van der Waals surface area contributed by atoms with E-state index in [9.17, 15) is 14.4 Å². The largest absolute Gasteiger partial charge is 0.497 e. The van der Waals surface area contributed by atoms with E-state index < -0.39 is 17.7 Å². The lowest BCUT2D eigenvalue weighted by Crippen LogP contribution is -2.48. The molecular formula is C16H17N3O6. The van der Waals surface area contributed by atoms with Crippen LogP contribution in [0.4, 0.5) is 0 Å². The average molecular weight is 347 g/mol. The van der Waals surface area contributed by atoms with E-state index in [1.54, 1.807) is 18.2 Å². The number of furan rings is 1. The average Bonchev–Trinajstić information content (AvgIpc) is 3.16. The third-order valence-electron chi connectivity index (χ3n) is 3.15. The zero-order valence-corrected chi connectivity index (χ0v) is 13.6. The van der Waals surface area contributed by atoms with Crippen LogP contribution >= 0.6 is 0 Å². The van der Waals surface area contributed by atoms with Crippen LogP contribution in [-0.4, -0.2) is 31.9 Å². The summed E-state index contributed by atoms with van der Waals surface area (Å²) >= 11 is 0. The van der Waals surface area contributed by atoms with Gasteiger partial charge in [-0.15, -0.1) is 0 Å². The lowest BCUT2D eigenvalue weighted by Gasteiger charge is -2.11. The summed E-state index contributed by atoms with van der Waals surface area (Å²) in [6, 6.07) is 7.86. The van der Waals surface area contributed by atoms with Crippen molar-refractivity contribution in [2.45, 2.75) is 6.54 Å².